The summed E-state index contributed by atoms with van der Waals surface area (Å²) >= 11 is 0. The van der Waals surface area contributed by atoms with Gasteiger partial charge in [-0.25, -0.2) is 0 Å². The Bertz CT molecular complexity index is 194. The van der Waals surface area contributed by atoms with E-state index in [-0.39, 0.29) is 0 Å². The van der Waals surface area contributed by atoms with Gasteiger partial charge in [0.05, 0.1) is 0 Å². The molecule has 1 nitrogen and oxygen atoms in total. The SMILES string of the molecule is CCC(C)(C)CCC(CCCN)C(C)(C)CC. The van der Waals surface area contributed by atoms with Crippen LogP contribution in [0.4, 0.5) is 0 Å². The monoisotopic (exact) mass is 241 g/mol. The van der Waals surface area contributed by atoms with Crippen LogP contribution in [0.5, 0.6) is 0 Å². The first-order valence-electron chi connectivity index (χ1n) is 7.49. The second-order valence-electron chi connectivity index (χ2n) is 7.03. The van der Waals surface area contributed by atoms with Gasteiger partial charge in [-0.2, -0.15) is 0 Å². The molecule has 17 heavy (non-hydrogen) atoms. The molecule has 1 heteroatoms. The summed E-state index contributed by atoms with van der Waals surface area (Å²) in [6.07, 6.45) is 7.75. The summed E-state index contributed by atoms with van der Waals surface area (Å²) < 4.78 is 0. The Morgan fingerprint density at radius 3 is 1.94 bits per heavy atom. The van der Waals surface area contributed by atoms with E-state index in [0.29, 0.717) is 10.8 Å². The van der Waals surface area contributed by atoms with E-state index >= 15 is 0 Å². The van der Waals surface area contributed by atoms with Crippen LogP contribution in [0.15, 0.2) is 0 Å². The fourth-order valence-corrected chi connectivity index (χ4v) is 2.32. The molecule has 0 radical (unpaired) electrons. The van der Waals surface area contributed by atoms with Crippen LogP contribution in [0.2, 0.25) is 0 Å². The van der Waals surface area contributed by atoms with Crippen molar-refractivity contribution in [2.45, 2.75) is 80.1 Å². The summed E-state index contributed by atoms with van der Waals surface area (Å²) in [5, 5.41) is 0. The Labute approximate surface area is 110 Å². The molecule has 0 aromatic heterocycles. The van der Waals surface area contributed by atoms with Gasteiger partial charge in [0.25, 0.3) is 0 Å². The third kappa shape index (κ3) is 6.45. The standard InChI is InChI=1S/C16H35N/c1-7-15(3,4)12-11-14(10-9-13-17)16(5,6)8-2/h14H,7-13,17H2,1-6H3. The van der Waals surface area contributed by atoms with Crippen LogP contribution in [-0.2, 0) is 0 Å². The molecule has 0 amide bonds. The Balaban J connectivity index is 4.39. The molecule has 2 N–H and O–H groups in total. The number of nitrogens with two attached hydrogens (primary N) is 1. The third-order valence-electron chi connectivity index (χ3n) is 4.90. The van der Waals surface area contributed by atoms with Gasteiger partial charge in [-0.15, -0.1) is 0 Å². The molecule has 0 rings (SSSR count). The molecule has 1 unspecified atom stereocenters. The molecule has 0 spiro atoms. The molecule has 0 bridgehead atoms. The summed E-state index contributed by atoms with van der Waals surface area (Å²) in [6.45, 7) is 15.1. The van der Waals surface area contributed by atoms with Gasteiger partial charge in [-0.1, -0.05) is 54.4 Å². The molecule has 0 aliphatic rings. The molecular formula is C16H35N. The zero-order valence-electron chi connectivity index (χ0n) is 13.1. The third-order valence-corrected chi connectivity index (χ3v) is 4.90. The average molecular weight is 241 g/mol. The molecule has 0 aromatic rings. The van der Waals surface area contributed by atoms with Crippen LogP contribution in [-0.4, -0.2) is 6.54 Å². The summed E-state index contributed by atoms with van der Waals surface area (Å²) in [4.78, 5) is 0. The highest BCUT2D eigenvalue weighted by atomic mass is 14.5. The lowest BCUT2D eigenvalue weighted by atomic mass is 9.70. The van der Waals surface area contributed by atoms with E-state index in [0.717, 1.165) is 12.5 Å². The second kappa shape index (κ2) is 7.41. The van der Waals surface area contributed by atoms with Crippen LogP contribution >= 0.6 is 0 Å². The zero-order chi connectivity index (χ0) is 13.5. The van der Waals surface area contributed by atoms with Crippen molar-refractivity contribution in [2.24, 2.45) is 22.5 Å². The van der Waals surface area contributed by atoms with Crippen LogP contribution in [0.3, 0.4) is 0 Å². The molecular weight excluding hydrogens is 206 g/mol. The molecule has 0 heterocycles. The predicted octanol–water partition coefficient (Wildman–Crippen LogP) is 4.99. The number of hydrogen-bond acceptors (Lipinski definition) is 1. The summed E-state index contributed by atoms with van der Waals surface area (Å²) in [5.74, 6) is 0.835. The van der Waals surface area contributed by atoms with Crippen LogP contribution in [0.25, 0.3) is 0 Å². The minimum Gasteiger partial charge on any atom is -0.330 e. The number of hydrogen-bond donors (Lipinski definition) is 1. The fourth-order valence-electron chi connectivity index (χ4n) is 2.32. The number of rotatable bonds is 9. The molecule has 104 valence electrons. The quantitative estimate of drug-likeness (QED) is 0.604. The minimum absolute atomic E-state index is 0.471. The zero-order valence-corrected chi connectivity index (χ0v) is 13.1. The first-order chi connectivity index (χ1) is 7.79. The second-order valence-corrected chi connectivity index (χ2v) is 7.03. The maximum absolute atomic E-state index is 5.67. The molecule has 1 atom stereocenters. The van der Waals surface area contributed by atoms with Crippen LogP contribution in [0.1, 0.15) is 80.1 Å². The van der Waals surface area contributed by atoms with Gasteiger partial charge in [0.15, 0.2) is 0 Å². The highest BCUT2D eigenvalue weighted by Gasteiger charge is 2.28. The van der Waals surface area contributed by atoms with E-state index in [1.54, 1.807) is 0 Å². The van der Waals surface area contributed by atoms with Gasteiger partial charge in [0.1, 0.15) is 0 Å². The van der Waals surface area contributed by atoms with Crippen molar-refractivity contribution < 1.29 is 0 Å². The summed E-state index contributed by atoms with van der Waals surface area (Å²) in [5.41, 5.74) is 6.65. The van der Waals surface area contributed by atoms with E-state index in [1.165, 1.54) is 38.5 Å². The van der Waals surface area contributed by atoms with Crippen molar-refractivity contribution in [3.8, 4) is 0 Å². The molecule has 0 aliphatic heterocycles. The highest BCUT2D eigenvalue weighted by Crippen LogP contribution is 2.39. The van der Waals surface area contributed by atoms with Crippen LogP contribution in [0, 0.1) is 16.7 Å². The fraction of sp³-hybridized carbons (Fsp3) is 1.00. The topological polar surface area (TPSA) is 26.0 Å². The van der Waals surface area contributed by atoms with Crippen molar-refractivity contribution in [1.82, 2.24) is 0 Å². The molecule has 0 saturated heterocycles. The van der Waals surface area contributed by atoms with E-state index in [9.17, 15) is 0 Å². The van der Waals surface area contributed by atoms with Gasteiger partial charge < -0.3 is 5.73 Å². The Kier molecular flexibility index (Phi) is 7.39. The normalized spacial score (nSPS) is 15.0. The lowest BCUT2D eigenvalue weighted by molar-refractivity contribution is 0.151. The maximum atomic E-state index is 5.67. The van der Waals surface area contributed by atoms with Crippen molar-refractivity contribution in [3.63, 3.8) is 0 Å². The highest BCUT2D eigenvalue weighted by molar-refractivity contribution is 4.79. The smallest absolute Gasteiger partial charge is 0.00772 e. The van der Waals surface area contributed by atoms with Gasteiger partial charge in [0, 0.05) is 0 Å². The maximum Gasteiger partial charge on any atom is -0.00772 e. The Hall–Kier alpha value is -0.0400. The van der Waals surface area contributed by atoms with E-state index in [1.807, 2.05) is 0 Å². The van der Waals surface area contributed by atoms with Crippen LogP contribution < -0.4 is 5.73 Å². The van der Waals surface area contributed by atoms with E-state index < -0.39 is 0 Å². The minimum atomic E-state index is 0.471. The van der Waals surface area contributed by atoms with Crippen molar-refractivity contribution in [2.75, 3.05) is 6.54 Å². The molecule has 0 fully saturated rings. The summed E-state index contributed by atoms with van der Waals surface area (Å²) in [6, 6.07) is 0. The van der Waals surface area contributed by atoms with Crippen molar-refractivity contribution in [3.05, 3.63) is 0 Å². The average Bonchev–Trinajstić information content (AvgIpc) is 2.28. The predicted molar refractivity (Wildman–Crippen MR) is 79.2 cm³/mol. The lowest BCUT2D eigenvalue weighted by Crippen LogP contribution is -2.26. The largest absolute Gasteiger partial charge is 0.330 e. The Morgan fingerprint density at radius 2 is 1.53 bits per heavy atom. The van der Waals surface area contributed by atoms with Gasteiger partial charge in [-0.05, 0) is 49.0 Å². The van der Waals surface area contributed by atoms with Crippen molar-refractivity contribution in [1.29, 1.82) is 0 Å². The lowest BCUT2D eigenvalue weighted by Gasteiger charge is -2.36. The van der Waals surface area contributed by atoms with E-state index in [4.69, 9.17) is 5.73 Å². The van der Waals surface area contributed by atoms with Gasteiger partial charge in [-0.3, -0.25) is 0 Å². The molecule has 0 aliphatic carbocycles. The van der Waals surface area contributed by atoms with E-state index in [2.05, 4.69) is 41.5 Å². The molecule has 0 aromatic carbocycles. The van der Waals surface area contributed by atoms with Gasteiger partial charge in [0.2, 0.25) is 0 Å². The summed E-state index contributed by atoms with van der Waals surface area (Å²) in [7, 11) is 0. The van der Waals surface area contributed by atoms with Crippen molar-refractivity contribution >= 4 is 0 Å². The Morgan fingerprint density at radius 1 is 0.941 bits per heavy atom. The first-order valence-corrected chi connectivity index (χ1v) is 7.49. The first kappa shape index (κ1) is 17.0. The van der Waals surface area contributed by atoms with Gasteiger partial charge >= 0.3 is 0 Å². The molecule has 0 saturated carbocycles.